The van der Waals surface area contributed by atoms with E-state index in [-0.39, 0.29) is 17.1 Å². The van der Waals surface area contributed by atoms with Crippen molar-refractivity contribution in [3.63, 3.8) is 0 Å². The van der Waals surface area contributed by atoms with E-state index in [1.807, 2.05) is 0 Å². The van der Waals surface area contributed by atoms with E-state index in [4.69, 9.17) is 0 Å². The van der Waals surface area contributed by atoms with Crippen LogP contribution >= 0.6 is 0 Å². The molecule has 0 saturated heterocycles. The second-order valence-corrected chi connectivity index (χ2v) is 5.91. The largest absolute Gasteiger partial charge is 0.361 e. The molecule has 7 nitrogen and oxygen atoms in total. The molecule has 110 valence electrons. The van der Waals surface area contributed by atoms with Crippen LogP contribution in [0.25, 0.3) is 0 Å². The molecule has 0 spiro atoms. The van der Waals surface area contributed by atoms with Gasteiger partial charge in [-0.25, -0.2) is 4.98 Å². The van der Waals surface area contributed by atoms with Crippen LogP contribution in [0.1, 0.15) is 38.8 Å². The van der Waals surface area contributed by atoms with Crippen LogP contribution in [-0.4, -0.2) is 28.0 Å². The van der Waals surface area contributed by atoms with E-state index in [1.54, 1.807) is 14.0 Å². The highest BCUT2D eigenvalue weighted by Gasteiger charge is 2.36. The molecule has 1 aromatic rings. The highest BCUT2D eigenvalue weighted by molar-refractivity contribution is 5.61. The summed E-state index contributed by atoms with van der Waals surface area (Å²) in [5.74, 6) is 0.707. The van der Waals surface area contributed by atoms with E-state index in [0.717, 1.165) is 19.3 Å². The van der Waals surface area contributed by atoms with E-state index in [2.05, 4.69) is 34.4 Å². The maximum atomic E-state index is 11.2. The van der Waals surface area contributed by atoms with Crippen molar-refractivity contribution in [2.24, 2.45) is 5.41 Å². The van der Waals surface area contributed by atoms with E-state index in [9.17, 15) is 10.1 Å². The maximum Gasteiger partial charge on any atom is 0.332 e. The SMILES string of the molecule is CNc1nc(C)c([N+](=O)[O-])c(NC2CCCC2(C)C)n1. The third kappa shape index (κ3) is 2.66. The molecule has 20 heavy (non-hydrogen) atoms. The highest BCUT2D eigenvalue weighted by atomic mass is 16.6. The first kappa shape index (κ1) is 14.5. The zero-order valence-corrected chi connectivity index (χ0v) is 12.4. The predicted molar refractivity (Wildman–Crippen MR) is 78.0 cm³/mol. The highest BCUT2D eigenvalue weighted by Crippen LogP contribution is 2.40. The van der Waals surface area contributed by atoms with Crippen LogP contribution in [0.15, 0.2) is 0 Å². The van der Waals surface area contributed by atoms with Crippen LogP contribution < -0.4 is 10.6 Å². The van der Waals surface area contributed by atoms with E-state index in [0.29, 0.717) is 17.5 Å². The summed E-state index contributed by atoms with van der Waals surface area (Å²) in [6.07, 6.45) is 3.24. The summed E-state index contributed by atoms with van der Waals surface area (Å²) >= 11 is 0. The van der Waals surface area contributed by atoms with Gasteiger partial charge in [0.2, 0.25) is 11.8 Å². The van der Waals surface area contributed by atoms with Crippen molar-refractivity contribution in [3.8, 4) is 0 Å². The molecular weight excluding hydrogens is 258 g/mol. The van der Waals surface area contributed by atoms with Crippen LogP contribution in [0.5, 0.6) is 0 Å². The molecule has 1 aromatic heterocycles. The van der Waals surface area contributed by atoms with E-state index in [1.165, 1.54) is 0 Å². The number of hydrogen-bond donors (Lipinski definition) is 2. The molecule has 0 radical (unpaired) electrons. The zero-order valence-electron chi connectivity index (χ0n) is 12.4. The first-order chi connectivity index (χ1) is 9.35. The van der Waals surface area contributed by atoms with Crippen molar-refractivity contribution in [1.82, 2.24) is 9.97 Å². The molecule has 1 atom stereocenters. The first-order valence-corrected chi connectivity index (χ1v) is 6.82. The fourth-order valence-electron chi connectivity index (χ4n) is 2.76. The zero-order chi connectivity index (χ0) is 14.9. The summed E-state index contributed by atoms with van der Waals surface area (Å²) < 4.78 is 0. The molecule has 2 N–H and O–H groups in total. The van der Waals surface area contributed by atoms with Crippen LogP contribution in [0.3, 0.4) is 0 Å². The summed E-state index contributed by atoms with van der Waals surface area (Å²) in [6.45, 7) is 5.98. The van der Waals surface area contributed by atoms with Crippen LogP contribution in [-0.2, 0) is 0 Å². The molecule has 1 aliphatic carbocycles. The lowest BCUT2D eigenvalue weighted by atomic mass is 9.87. The molecule has 1 fully saturated rings. The topological polar surface area (TPSA) is 93.0 Å². The summed E-state index contributed by atoms with van der Waals surface area (Å²) in [6, 6.07) is 0.195. The van der Waals surface area contributed by atoms with Crippen molar-refractivity contribution in [2.75, 3.05) is 17.7 Å². The number of anilines is 2. The number of nitro groups is 1. The summed E-state index contributed by atoms with van der Waals surface area (Å²) in [4.78, 5) is 19.1. The first-order valence-electron chi connectivity index (χ1n) is 6.82. The van der Waals surface area contributed by atoms with Gasteiger partial charge in [-0.05, 0) is 25.2 Å². The minimum atomic E-state index is -0.418. The average molecular weight is 279 g/mol. The standard InChI is InChI=1S/C13H21N5O2/c1-8-10(18(19)20)11(17-12(14-4)15-8)16-9-6-5-7-13(9,2)3/h9H,5-7H2,1-4H3,(H2,14,15,16,17). The molecule has 1 heterocycles. The lowest BCUT2D eigenvalue weighted by Gasteiger charge is -2.28. The Balaban J connectivity index is 2.39. The normalized spacial score (nSPS) is 20.7. The van der Waals surface area contributed by atoms with Crippen molar-refractivity contribution < 1.29 is 4.92 Å². The van der Waals surface area contributed by atoms with Crippen molar-refractivity contribution in [2.45, 2.75) is 46.1 Å². The lowest BCUT2D eigenvalue weighted by Crippen LogP contribution is -2.31. The maximum absolute atomic E-state index is 11.2. The van der Waals surface area contributed by atoms with Crippen molar-refractivity contribution >= 4 is 17.5 Å². The van der Waals surface area contributed by atoms with Gasteiger partial charge in [0, 0.05) is 13.1 Å². The van der Waals surface area contributed by atoms with Crippen LogP contribution in [0, 0.1) is 22.5 Å². The van der Waals surface area contributed by atoms with Gasteiger partial charge < -0.3 is 10.6 Å². The molecule has 1 aliphatic rings. The number of aryl methyl sites for hydroxylation is 1. The third-order valence-corrected chi connectivity index (χ3v) is 4.03. The van der Waals surface area contributed by atoms with Gasteiger partial charge in [0.1, 0.15) is 5.69 Å². The number of nitrogens with one attached hydrogen (secondary N) is 2. The Kier molecular flexibility index (Phi) is 3.78. The average Bonchev–Trinajstić information content (AvgIpc) is 2.67. The number of aromatic nitrogens is 2. The molecule has 0 bridgehead atoms. The van der Waals surface area contributed by atoms with Crippen LogP contribution in [0.2, 0.25) is 0 Å². The minimum absolute atomic E-state index is 0.0355. The Labute approximate surface area is 118 Å². The summed E-state index contributed by atoms with van der Waals surface area (Å²) in [5, 5.41) is 17.3. The molecular formula is C13H21N5O2. The van der Waals surface area contributed by atoms with Gasteiger partial charge in [-0.2, -0.15) is 4.98 Å². The Morgan fingerprint density at radius 1 is 1.40 bits per heavy atom. The van der Waals surface area contributed by atoms with Crippen molar-refractivity contribution in [1.29, 1.82) is 0 Å². The lowest BCUT2D eigenvalue weighted by molar-refractivity contribution is -0.385. The Morgan fingerprint density at radius 3 is 2.60 bits per heavy atom. The molecule has 1 unspecified atom stereocenters. The molecule has 1 saturated carbocycles. The molecule has 0 aromatic carbocycles. The van der Waals surface area contributed by atoms with Gasteiger partial charge in [0.05, 0.1) is 4.92 Å². The molecule has 7 heteroatoms. The third-order valence-electron chi connectivity index (χ3n) is 4.03. The number of hydrogen-bond acceptors (Lipinski definition) is 6. The molecule has 2 rings (SSSR count). The smallest absolute Gasteiger partial charge is 0.332 e. The van der Waals surface area contributed by atoms with E-state index >= 15 is 0 Å². The predicted octanol–water partition coefficient (Wildman–Crippen LogP) is 2.73. The Morgan fingerprint density at radius 2 is 2.10 bits per heavy atom. The van der Waals surface area contributed by atoms with Gasteiger partial charge >= 0.3 is 5.69 Å². The van der Waals surface area contributed by atoms with Crippen molar-refractivity contribution in [3.05, 3.63) is 15.8 Å². The Bertz CT molecular complexity index is 530. The molecule has 0 aliphatic heterocycles. The van der Waals surface area contributed by atoms with Gasteiger partial charge in [0.25, 0.3) is 0 Å². The monoisotopic (exact) mass is 279 g/mol. The van der Waals surface area contributed by atoms with Gasteiger partial charge in [-0.3, -0.25) is 10.1 Å². The van der Waals surface area contributed by atoms with E-state index < -0.39 is 4.92 Å². The van der Waals surface area contributed by atoms with Crippen LogP contribution in [0.4, 0.5) is 17.5 Å². The van der Waals surface area contributed by atoms with Gasteiger partial charge in [-0.1, -0.05) is 20.3 Å². The van der Waals surface area contributed by atoms with Gasteiger partial charge in [-0.15, -0.1) is 0 Å². The Hall–Kier alpha value is -1.92. The minimum Gasteiger partial charge on any atom is -0.361 e. The quantitative estimate of drug-likeness (QED) is 0.650. The molecule has 0 amide bonds. The number of rotatable bonds is 4. The summed E-state index contributed by atoms with van der Waals surface area (Å²) in [7, 11) is 1.70. The summed E-state index contributed by atoms with van der Waals surface area (Å²) in [5.41, 5.74) is 0.450. The second kappa shape index (κ2) is 5.22. The number of nitrogens with zero attached hydrogens (tertiary/aromatic N) is 3. The second-order valence-electron chi connectivity index (χ2n) is 5.91. The van der Waals surface area contributed by atoms with Gasteiger partial charge in [0.15, 0.2) is 0 Å². The fraction of sp³-hybridized carbons (Fsp3) is 0.692. The fourth-order valence-corrected chi connectivity index (χ4v) is 2.76.